The van der Waals surface area contributed by atoms with Crippen LogP contribution in [0, 0.1) is 19.7 Å². The van der Waals surface area contributed by atoms with Crippen molar-refractivity contribution in [3.05, 3.63) is 82.9 Å². The van der Waals surface area contributed by atoms with E-state index >= 15 is 0 Å². The van der Waals surface area contributed by atoms with Crippen LogP contribution in [-0.4, -0.2) is 27.8 Å². The van der Waals surface area contributed by atoms with Crippen LogP contribution in [0.1, 0.15) is 22.5 Å². The fraction of sp³-hybridized carbons (Fsp3) is 0.182. The number of hydrogen-bond donors (Lipinski definition) is 1. The Morgan fingerprint density at radius 1 is 1.13 bits per heavy atom. The minimum Gasteiger partial charge on any atom is -0.489 e. The van der Waals surface area contributed by atoms with Crippen molar-refractivity contribution in [1.82, 2.24) is 15.4 Å². The first-order valence-corrected chi connectivity index (χ1v) is 10.2. The molecule has 0 radical (unpaired) electrons. The van der Waals surface area contributed by atoms with Gasteiger partial charge in [0, 0.05) is 11.4 Å². The van der Waals surface area contributed by atoms with Crippen molar-refractivity contribution in [3.8, 4) is 5.75 Å². The maximum Gasteiger partial charge on any atom is 0.250 e. The molecule has 0 atom stereocenters. The van der Waals surface area contributed by atoms with Crippen LogP contribution in [-0.2, 0) is 11.4 Å². The fourth-order valence-corrected chi connectivity index (χ4v) is 3.27. The molecule has 1 heterocycles. The number of ether oxygens (including phenoxy) is 1. The Morgan fingerprint density at radius 3 is 2.60 bits per heavy atom. The van der Waals surface area contributed by atoms with E-state index in [0.29, 0.717) is 17.5 Å². The summed E-state index contributed by atoms with van der Waals surface area (Å²) in [4.78, 5) is 20.6. The van der Waals surface area contributed by atoms with Crippen LogP contribution in [0.5, 0.6) is 5.75 Å². The van der Waals surface area contributed by atoms with Gasteiger partial charge < -0.3 is 4.74 Å². The van der Waals surface area contributed by atoms with E-state index in [9.17, 15) is 9.18 Å². The van der Waals surface area contributed by atoms with Gasteiger partial charge in [0.05, 0.1) is 12.0 Å². The first kappa shape index (κ1) is 21.4. The zero-order valence-corrected chi connectivity index (χ0v) is 17.4. The largest absolute Gasteiger partial charge is 0.489 e. The summed E-state index contributed by atoms with van der Waals surface area (Å²) in [5, 5.41) is 4.55. The quantitative estimate of drug-likeness (QED) is 0.255. The third-order valence-electron chi connectivity index (χ3n) is 3.87. The Bertz CT molecular complexity index is 1020. The topological polar surface area (TPSA) is 76.5 Å². The molecule has 0 saturated heterocycles. The second-order valence-electron chi connectivity index (χ2n) is 6.50. The van der Waals surface area contributed by atoms with Crippen LogP contribution in [0.2, 0.25) is 0 Å². The number of benzene rings is 2. The Balaban J connectivity index is 1.47. The van der Waals surface area contributed by atoms with E-state index in [1.54, 1.807) is 24.4 Å². The molecule has 1 N–H and O–H groups in total. The number of thioether (sulfide) groups is 1. The lowest BCUT2D eigenvalue weighted by Gasteiger charge is -2.07. The number of rotatable bonds is 8. The molecule has 0 fully saturated rings. The summed E-state index contributed by atoms with van der Waals surface area (Å²) in [6.45, 7) is 4.11. The summed E-state index contributed by atoms with van der Waals surface area (Å²) < 4.78 is 18.7. The SMILES string of the molecule is Cc1cc(C)nc(SCC(=O)N/N=C\c2cccc(OCc3ccc(F)cc3)c2)n1. The zero-order chi connectivity index (χ0) is 21.3. The Hall–Kier alpha value is -3.26. The second-order valence-corrected chi connectivity index (χ2v) is 7.45. The number of nitrogens with zero attached hydrogens (tertiary/aromatic N) is 3. The highest BCUT2D eigenvalue weighted by Gasteiger charge is 2.05. The van der Waals surface area contributed by atoms with Crippen molar-refractivity contribution in [1.29, 1.82) is 0 Å². The second kappa shape index (κ2) is 10.5. The summed E-state index contributed by atoms with van der Waals surface area (Å²) in [5.74, 6) is 0.292. The lowest BCUT2D eigenvalue weighted by atomic mass is 10.2. The van der Waals surface area contributed by atoms with E-state index in [1.165, 1.54) is 23.9 Å². The van der Waals surface area contributed by atoms with Gasteiger partial charge in [0.1, 0.15) is 18.2 Å². The molecule has 0 spiro atoms. The molecule has 0 unspecified atom stereocenters. The van der Waals surface area contributed by atoms with Crippen molar-refractivity contribution in [2.75, 3.05) is 5.75 Å². The van der Waals surface area contributed by atoms with Gasteiger partial charge in [0.25, 0.3) is 5.91 Å². The van der Waals surface area contributed by atoms with E-state index < -0.39 is 0 Å². The van der Waals surface area contributed by atoms with Gasteiger partial charge in [-0.25, -0.2) is 19.8 Å². The molecule has 1 aromatic heterocycles. The minimum atomic E-state index is -0.279. The van der Waals surface area contributed by atoms with Crippen LogP contribution in [0.25, 0.3) is 0 Å². The van der Waals surface area contributed by atoms with E-state index in [4.69, 9.17) is 4.74 Å². The van der Waals surface area contributed by atoms with Gasteiger partial charge in [-0.05, 0) is 55.3 Å². The maximum absolute atomic E-state index is 13.0. The van der Waals surface area contributed by atoms with Crippen molar-refractivity contribution in [3.63, 3.8) is 0 Å². The molecule has 30 heavy (non-hydrogen) atoms. The van der Waals surface area contributed by atoms with Crippen LogP contribution < -0.4 is 10.2 Å². The normalized spacial score (nSPS) is 10.9. The molecule has 0 aliphatic carbocycles. The van der Waals surface area contributed by atoms with Crippen molar-refractivity contribution in [2.24, 2.45) is 5.10 Å². The molecule has 0 bridgehead atoms. The van der Waals surface area contributed by atoms with E-state index in [0.717, 1.165) is 22.5 Å². The van der Waals surface area contributed by atoms with Crippen molar-refractivity contribution >= 4 is 23.9 Å². The Labute approximate surface area is 178 Å². The fourth-order valence-electron chi connectivity index (χ4n) is 2.53. The number of hydrazone groups is 1. The molecular weight excluding hydrogens is 403 g/mol. The molecule has 3 rings (SSSR count). The van der Waals surface area contributed by atoms with E-state index in [1.807, 2.05) is 38.1 Å². The van der Waals surface area contributed by atoms with Gasteiger partial charge in [0.15, 0.2) is 5.16 Å². The number of nitrogens with one attached hydrogen (secondary N) is 1. The maximum atomic E-state index is 13.0. The number of aromatic nitrogens is 2. The van der Waals surface area contributed by atoms with Gasteiger partial charge in [-0.2, -0.15) is 5.10 Å². The predicted octanol–water partition coefficient (Wildman–Crippen LogP) is 4.05. The Morgan fingerprint density at radius 2 is 1.87 bits per heavy atom. The number of amides is 1. The highest BCUT2D eigenvalue weighted by Crippen LogP contribution is 2.15. The highest BCUT2D eigenvalue weighted by atomic mass is 32.2. The van der Waals surface area contributed by atoms with E-state index in [-0.39, 0.29) is 17.5 Å². The number of carbonyl (C=O) groups excluding carboxylic acids is 1. The molecule has 0 saturated carbocycles. The van der Waals surface area contributed by atoms with Crippen molar-refractivity contribution < 1.29 is 13.9 Å². The summed E-state index contributed by atoms with van der Waals surface area (Å²) in [6.07, 6.45) is 1.54. The number of halogens is 1. The monoisotopic (exact) mass is 424 g/mol. The van der Waals surface area contributed by atoms with Gasteiger partial charge in [-0.1, -0.05) is 36.0 Å². The average Bonchev–Trinajstić information content (AvgIpc) is 2.71. The van der Waals surface area contributed by atoms with Gasteiger partial charge in [-0.15, -0.1) is 0 Å². The molecule has 154 valence electrons. The molecule has 6 nitrogen and oxygen atoms in total. The molecule has 8 heteroatoms. The van der Waals surface area contributed by atoms with Gasteiger partial charge >= 0.3 is 0 Å². The number of carbonyl (C=O) groups is 1. The first-order valence-electron chi connectivity index (χ1n) is 9.22. The summed E-state index contributed by atoms with van der Waals surface area (Å²) >= 11 is 1.26. The summed E-state index contributed by atoms with van der Waals surface area (Å²) in [5.41, 5.74) is 5.87. The van der Waals surface area contributed by atoms with Crippen LogP contribution in [0.4, 0.5) is 4.39 Å². The summed E-state index contributed by atoms with van der Waals surface area (Å²) in [6, 6.07) is 15.3. The lowest BCUT2D eigenvalue weighted by molar-refractivity contribution is -0.118. The average molecular weight is 425 g/mol. The molecule has 2 aromatic carbocycles. The number of aryl methyl sites for hydroxylation is 2. The van der Waals surface area contributed by atoms with Crippen molar-refractivity contribution in [2.45, 2.75) is 25.6 Å². The standard InChI is InChI=1S/C22H21FN4O2S/c1-15-10-16(2)26-22(25-15)30-14-21(28)27-24-12-18-4-3-5-20(11-18)29-13-17-6-8-19(23)9-7-17/h3-12H,13-14H2,1-2H3,(H,27,28)/b24-12-. The molecule has 3 aromatic rings. The molecule has 0 aliphatic heterocycles. The molecule has 1 amide bonds. The minimum absolute atomic E-state index is 0.168. The van der Waals surface area contributed by atoms with Crippen LogP contribution >= 0.6 is 11.8 Å². The zero-order valence-electron chi connectivity index (χ0n) is 16.6. The first-order chi connectivity index (χ1) is 14.5. The summed E-state index contributed by atoms with van der Waals surface area (Å²) in [7, 11) is 0. The van der Waals surface area contributed by atoms with Crippen LogP contribution in [0.3, 0.4) is 0 Å². The number of hydrogen-bond acceptors (Lipinski definition) is 6. The predicted molar refractivity (Wildman–Crippen MR) is 115 cm³/mol. The van der Waals surface area contributed by atoms with E-state index in [2.05, 4.69) is 20.5 Å². The lowest BCUT2D eigenvalue weighted by Crippen LogP contribution is -2.19. The van der Waals surface area contributed by atoms with Gasteiger partial charge in [-0.3, -0.25) is 4.79 Å². The molecular formula is C22H21FN4O2S. The smallest absolute Gasteiger partial charge is 0.250 e. The highest BCUT2D eigenvalue weighted by molar-refractivity contribution is 7.99. The Kier molecular flexibility index (Phi) is 7.51. The third-order valence-corrected chi connectivity index (χ3v) is 4.72. The van der Waals surface area contributed by atoms with Gasteiger partial charge in [0.2, 0.25) is 0 Å². The third kappa shape index (κ3) is 6.97. The molecule has 0 aliphatic rings. The van der Waals surface area contributed by atoms with Crippen LogP contribution in [0.15, 0.2) is 64.9 Å².